The summed E-state index contributed by atoms with van der Waals surface area (Å²) in [6.45, 7) is 0.667. The van der Waals surface area contributed by atoms with Crippen LogP contribution < -0.4 is 5.32 Å². The Morgan fingerprint density at radius 1 is 1.18 bits per heavy atom. The van der Waals surface area contributed by atoms with Crippen molar-refractivity contribution in [1.82, 2.24) is 0 Å². The van der Waals surface area contributed by atoms with Crippen molar-refractivity contribution >= 4 is 5.69 Å². The summed E-state index contributed by atoms with van der Waals surface area (Å²) in [6, 6.07) is 16.6. The first kappa shape index (κ1) is 14.6. The first-order valence-corrected chi connectivity index (χ1v) is 7.39. The van der Waals surface area contributed by atoms with Gasteiger partial charge in [0.1, 0.15) is 11.9 Å². The fraction of sp³-hybridized carbons (Fsp3) is 0.278. The van der Waals surface area contributed by atoms with Gasteiger partial charge in [0.2, 0.25) is 0 Å². The van der Waals surface area contributed by atoms with Gasteiger partial charge in [-0.3, -0.25) is 0 Å². The Balaban J connectivity index is 1.72. The lowest BCUT2D eigenvalue weighted by molar-refractivity contribution is 0.00979. The Morgan fingerprint density at radius 2 is 2.00 bits per heavy atom. The van der Waals surface area contributed by atoms with Crippen LogP contribution in [0.4, 0.5) is 10.1 Å². The zero-order valence-corrected chi connectivity index (χ0v) is 12.1. The van der Waals surface area contributed by atoms with Crippen molar-refractivity contribution in [2.75, 3.05) is 11.9 Å². The molecule has 1 aliphatic rings. The molecule has 0 spiro atoms. The Morgan fingerprint density at radius 3 is 2.77 bits per heavy atom. The largest absolute Gasteiger partial charge is 0.381 e. The zero-order chi connectivity index (χ0) is 15.4. The number of rotatable bonds is 3. The van der Waals surface area contributed by atoms with Crippen molar-refractivity contribution in [3.8, 4) is 6.07 Å². The Bertz CT molecular complexity index is 681. The van der Waals surface area contributed by atoms with Crippen LogP contribution in [0, 0.1) is 17.1 Å². The average molecular weight is 296 g/mol. The summed E-state index contributed by atoms with van der Waals surface area (Å²) in [5, 5.41) is 12.5. The number of nitrogens with one attached hydrogen (secondary N) is 1. The number of halogens is 1. The number of nitriles is 1. The summed E-state index contributed by atoms with van der Waals surface area (Å²) in [7, 11) is 0. The molecule has 0 aromatic heterocycles. The number of anilines is 1. The van der Waals surface area contributed by atoms with E-state index in [1.807, 2.05) is 24.3 Å². The molecule has 1 heterocycles. The summed E-state index contributed by atoms with van der Waals surface area (Å²) in [4.78, 5) is 0. The van der Waals surface area contributed by atoms with Gasteiger partial charge in [0.05, 0.1) is 17.4 Å². The predicted octanol–water partition coefficient (Wildman–Crippen LogP) is 4.03. The maximum atomic E-state index is 13.2. The number of benzene rings is 2. The lowest BCUT2D eigenvalue weighted by atomic mass is 9.97. The van der Waals surface area contributed by atoms with Gasteiger partial charge in [-0.05, 0) is 36.6 Å². The lowest BCUT2D eigenvalue weighted by Gasteiger charge is -2.31. The molecule has 0 amide bonds. The van der Waals surface area contributed by atoms with Crippen molar-refractivity contribution in [3.05, 3.63) is 65.5 Å². The summed E-state index contributed by atoms with van der Waals surface area (Å²) < 4.78 is 19.0. The first-order chi connectivity index (χ1) is 10.8. The second-order valence-electron chi connectivity index (χ2n) is 5.44. The van der Waals surface area contributed by atoms with E-state index in [1.54, 1.807) is 6.07 Å². The molecule has 2 aromatic carbocycles. The van der Waals surface area contributed by atoms with Crippen molar-refractivity contribution in [2.24, 2.45) is 0 Å². The summed E-state index contributed by atoms with van der Waals surface area (Å²) in [5.74, 6) is -0.392. The Labute approximate surface area is 129 Å². The Kier molecular flexibility index (Phi) is 4.36. The summed E-state index contributed by atoms with van der Waals surface area (Å²) in [6.07, 6.45) is 1.75. The molecule has 112 valence electrons. The minimum Gasteiger partial charge on any atom is -0.381 e. The van der Waals surface area contributed by atoms with Crippen LogP contribution in [-0.2, 0) is 4.74 Å². The van der Waals surface area contributed by atoms with E-state index in [1.165, 1.54) is 12.1 Å². The van der Waals surface area contributed by atoms with E-state index in [-0.39, 0.29) is 12.1 Å². The molecule has 0 radical (unpaired) electrons. The highest BCUT2D eigenvalue weighted by Crippen LogP contribution is 2.30. The molecule has 0 aliphatic carbocycles. The van der Waals surface area contributed by atoms with Crippen LogP contribution in [-0.4, -0.2) is 12.6 Å². The van der Waals surface area contributed by atoms with Gasteiger partial charge in [-0.1, -0.05) is 30.3 Å². The number of hydrogen-bond donors (Lipinski definition) is 1. The van der Waals surface area contributed by atoms with Gasteiger partial charge in [0.15, 0.2) is 0 Å². The van der Waals surface area contributed by atoms with E-state index in [4.69, 9.17) is 10.00 Å². The monoisotopic (exact) mass is 296 g/mol. The summed E-state index contributed by atoms with van der Waals surface area (Å²) in [5.41, 5.74) is 2.18. The smallest absolute Gasteiger partial charge is 0.124 e. The molecule has 2 unspecified atom stereocenters. The molecule has 1 aliphatic heterocycles. The minimum absolute atomic E-state index is 0.0541. The fourth-order valence-electron chi connectivity index (χ4n) is 2.78. The minimum atomic E-state index is -0.392. The molecule has 1 saturated heterocycles. The second-order valence-corrected chi connectivity index (χ2v) is 5.44. The molecule has 3 nitrogen and oxygen atoms in total. The van der Waals surface area contributed by atoms with Crippen LogP contribution in [0.3, 0.4) is 0 Å². The van der Waals surface area contributed by atoms with E-state index in [0.29, 0.717) is 17.9 Å². The molecule has 1 fully saturated rings. The van der Waals surface area contributed by atoms with E-state index in [2.05, 4.69) is 17.4 Å². The van der Waals surface area contributed by atoms with Gasteiger partial charge >= 0.3 is 0 Å². The molecule has 0 bridgehead atoms. The van der Waals surface area contributed by atoms with Crippen LogP contribution >= 0.6 is 0 Å². The van der Waals surface area contributed by atoms with E-state index in [0.717, 1.165) is 18.4 Å². The molecule has 4 heteroatoms. The van der Waals surface area contributed by atoms with Crippen LogP contribution in [0.2, 0.25) is 0 Å². The van der Waals surface area contributed by atoms with Crippen molar-refractivity contribution < 1.29 is 9.13 Å². The molecule has 0 saturated carbocycles. The molecule has 3 rings (SSSR count). The van der Waals surface area contributed by atoms with Gasteiger partial charge in [-0.2, -0.15) is 5.26 Å². The van der Waals surface area contributed by atoms with Crippen LogP contribution in [0.15, 0.2) is 48.5 Å². The number of nitrogens with zero attached hydrogens (tertiary/aromatic N) is 1. The SMILES string of the molecule is N#Cc1cc(F)ccc1NC1CCOC(c2ccccc2)C1. The third-order valence-corrected chi connectivity index (χ3v) is 3.92. The van der Waals surface area contributed by atoms with E-state index >= 15 is 0 Å². The third-order valence-electron chi connectivity index (χ3n) is 3.92. The predicted molar refractivity (Wildman–Crippen MR) is 82.9 cm³/mol. The van der Waals surface area contributed by atoms with Crippen LogP contribution in [0.25, 0.3) is 0 Å². The lowest BCUT2D eigenvalue weighted by Crippen LogP contribution is -2.30. The standard InChI is InChI=1S/C18H17FN2O/c19-15-6-7-17(14(10-15)12-20)21-16-8-9-22-18(11-16)13-4-2-1-3-5-13/h1-7,10,16,18,21H,8-9,11H2. The van der Waals surface area contributed by atoms with Gasteiger partial charge in [-0.15, -0.1) is 0 Å². The van der Waals surface area contributed by atoms with E-state index in [9.17, 15) is 4.39 Å². The topological polar surface area (TPSA) is 45.0 Å². The molecular weight excluding hydrogens is 279 g/mol. The first-order valence-electron chi connectivity index (χ1n) is 7.39. The highest BCUT2D eigenvalue weighted by atomic mass is 19.1. The molecular formula is C18H17FN2O. The van der Waals surface area contributed by atoms with Gasteiger partial charge in [0, 0.05) is 12.6 Å². The normalized spacial score (nSPS) is 21.1. The zero-order valence-electron chi connectivity index (χ0n) is 12.1. The second kappa shape index (κ2) is 6.59. The van der Waals surface area contributed by atoms with Crippen molar-refractivity contribution in [2.45, 2.75) is 25.0 Å². The summed E-state index contributed by atoms with van der Waals surface area (Å²) >= 11 is 0. The Hall–Kier alpha value is -2.38. The van der Waals surface area contributed by atoms with Gasteiger partial charge < -0.3 is 10.1 Å². The molecule has 2 atom stereocenters. The molecule has 2 aromatic rings. The average Bonchev–Trinajstić information content (AvgIpc) is 2.57. The van der Waals surface area contributed by atoms with Gasteiger partial charge in [-0.25, -0.2) is 4.39 Å². The highest BCUT2D eigenvalue weighted by molar-refractivity contribution is 5.58. The third kappa shape index (κ3) is 3.26. The number of hydrogen-bond acceptors (Lipinski definition) is 3. The quantitative estimate of drug-likeness (QED) is 0.930. The molecule has 1 N–H and O–H groups in total. The number of ether oxygens (including phenoxy) is 1. The van der Waals surface area contributed by atoms with Crippen molar-refractivity contribution in [1.29, 1.82) is 5.26 Å². The highest BCUT2D eigenvalue weighted by Gasteiger charge is 2.24. The van der Waals surface area contributed by atoms with E-state index < -0.39 is 5.82 Å². The maximum Gasteiger partial charge on any atom is 0.124 e. The van der Waals surface area contributed by atoms with Gasteiger partial charge in [0.25, 0.3) is 0 Å². The van der Waals surface area contributed by atoms with Crippen molar-refractivity contribution in [3.63, 3.8) is 0 Å². The van der Waals surface area contributed by atoms with Crippen LogP contribution in [0.5, 0.6) is 0 Å². The molecule has 22 heavy (non-hydrogen) atoms. The van der Waals surface area contributed by atoms with Crippen LogP contribution in [0.1, 0.15) is 30.1 Å². The fourth-order valence-corrected chi connectivity index (χ4v) is 2.78. The maximum absolute atomic E-state index is 13.2.